The third kappa shape index (κ3) is 3.47. The van der Waals surface area contributed by atoms with E-state index in [1.807, 2.05) is 54.6 Å². The van der Waals surface area contributed by atoms with Crippen molar-refractivity contribution in [1.29, 1.82) is 5.26 Å². The first-order valence-electron chi connectivity index (χ1n) is 9.85. The van der Waals surface area contributed by atoms with Gasteiger partial charge in [0.2, 0.25) is 5.91 Å². The van der Waals surface area contributed by atoms with E-state index in [1.54, 1.807) is 18.2 Å². The van der Waals surface area contributed by atoms with E-state index in [0.29, 0.717) is 11.1 Å². The normalized spacial score (nSPS) is 20.3. The van der Waals surface area contributed by atoms with Gasteiger partial charge in [0, 0.05) is 11.5 Å². The van der Waals surface area contributed by atoms with Gasteiger partial charge in [0.05, 0.1) is 25.1 Å². The number of aliphatic hydroxyl groups is 1. The molecule has 3 aromatic rings. The van der Waals surface area contributed by atoms with Crippen LogP contribution in [0.1, 0.15) is 17.0 Å². The number of nitriles is 1. The Kier molecular flexibility index (Phi) is 5.60. The highest BCUT2D eigenvalue weighted by atomic mass is 19.1. The topological polar surface area (TPSA) is 64.3 Å². The average Bonchev–Trinajstić information content (AvgIpc) is 2.75. The molecular weight excluding hydrogens is 379 g/mol. The third-order valence-electron chi connectivity index (χ3n) is 5.70. The number of benzene rings is 3. The molecule has 3 atom stereocenters. The summed E-state index contributed by atoms with van der Waals surface area (Å²) >= 11 is 0. The Morgan fingerprint density at radius 3 is 2.27 bits per heavy atom. The molecule has 30 heavy (non-hydrogen) atoms. The minimum Gasteiger partial charge on any atom is -0.394 e. The second-order valence-corrected chi connectivity index (χ2v) is 7.38. The van der Waals surface area contributed by atoms with Crippen LogP contribution in [0.25, 0.3) is 11.1 Å². The van der Waals surface area contributed by atoms with Crippen molar-refractivity contribution in [2.24, 2.45) is 0 Å². The summed E-state index contributed by atoms with van der Waals surface area (Å²) in [7, 11) is 0. The predicted octanol–water partition coefficient (Wildman–Crippen LogP) is 3.91. The minimum absolute atomic E-state index is 0.164. The Hall–Kier alpha value is -3.49. The van der Waals surface area contributed by atoms with Gasteiger partial charge in [-0.05, 0) is 22.8 Å². The molecule has 0 saturated carbocycles. The van der Waals surface area contributed by atoms with Crippen LogP contribution in [0.15, 0.2) is 78.9 Å². The molecule has 5 heteroatoms. The highest BCUT2D eigenvalue weighted by Crippen LogP contribution is 2.44. The Morgan fingerprint density at radius 2 is 1.60 bits per heavy atom. The Morgan fingerprint density at radius 1 is 0.967 bits per heavy atom. The molecule has 0 unspecified atom stereocenters. The van der Waals surface area contributed by atoms with Crippen LogP contribution in [0.5, 0.6) is 0 Å². The van der Waals surface area contributed by atoms with Gasteiger partial charge in [-0.15, -0.1) is 0 Å². The van der Waals surface area contributed by atoms with Crippen LogP contribution in [0, 0.1) is 17.1 Å². The standard InChI is InChI=1S/C25H21FN2O2/c26-21-13-7-6-11-19(21)18-10-4-5-12-20(18)25-22(15-27)28(23(25)16-29)24(30)14-17-8-2-1-3-9-17/h1-13,22-23,25,29H,14,16H2/t22-,23-,25+/m0/s1. The smallest absolute Gasteiger partial charge is 0.228 e. The van der Waals surface area contributed by atoms with Gasteiger partial charge in [0.15, 0.2) is 0 Å². The van der Waals surface area contributed by atoms with E-state index in [1.165, 1.54) is 11.0 Å². The zero-order valence-electron chi connectivity index (χ0n) is 16.3. The summed E-state index contributed by atoms with van der Waals surface area (Å²) in [5, 5.41) is 19.9. The first kappa shape index (κ1) is 19.8. The van der Waals surface area contributed by atoms with Gasteiger partial charge in [0.1, 0.15) is 11.9 Å². The van der Waals surface area contributed by atoms with Crippen molar-refractivity contribution >= 4 is 5.91 Å². The molecule has 4 nitrogen and oxygen atoms in total. The van der Waals surface area contributed by atoms with E-state index in [4.69, 9.17) is 0 Å². The van der Waals surface area contributed by atoms with Gasteiger partial charge in [-0.25, -0.2) is 4.39 Å². The van der Waals surface area contributed by atoms with E-state index >= 15 is 0 Å². The number of halogens is 1. The second-order valence-electron chi connectivity index (χ2n) is 7.38. The number of hydrogen-bond donors (Lipinski definition) is 1. The van der Waals surface area contributed by atoms with Crippen LogP contribution < -0.4 is 0 Å². The summed E-state index contributed by atoms with van der Waals surface area (Å²) in [5.74, 6) is -0.947. The van der Waals surface area contributed by atoms with Crippen LogP contribution in [-0.2, 0) is 11.2 Å². The molecule has 1 heterocycles. The molecule has 1 fully saturated rings. The summed E-state index contributed by atoms with van der Waals surface area (Å²) in [4.78, 5) is 14.4. The molecular formula is C25H21FN2O2. The molecule has 1 saturated heterocycles. The first-order valence-corrected chi connectivity index (χ1v) is 9.85. The second kappa shape index (κ2) is 8.48. The van der Waals surface area contributed by atoms with Gasteiger partial charge in [0.25, 0.3) is 0 Å². The largest absolute Gasteiger partial charge is 0.394 e. The zero-order valence-corrected chi connectivity index (χ0v) is 16.3. The molecule has 0 aliphatic carbocycles. The van der Waals surface area contributed by atoms with Crippen LogP contribution in [-0.4, -0.2) is 34.6 Å². The summed E-state index contributed by atoms with van der Waals surface area (Å²) < 4.78 is 14.5. The minimum atomic E-state index is -0.716. The summed E-state index contributed by atoms with van der Waals surface area (Å²) in [6.07, 6.45) is 0.164. The van der Waals surface area contributed by atoms with Crippen LogP contribution in [0.2, 0.25) is 0 Å². The summed E-state index contributed by atoms with van der Waals surface area (Å²) in [6.45, 7) is -0.269. The van der Waals surface area contributed by atoms with E-state index < -0.39 is 18.0 Å². The molecule has 3 aromatic carbocycles. The maximum atomic E-state index is 14.5. The summed E-state index contributed by atoms with van der Waals surface area (Å²) in [5.41, 5.74) is 2.73. The first-order chi connectivity index (χ1) is 14.7. The number of rotatable bonds is 5. The lowest BCUT2D eigenvalue weighted by molar-refractivity contribution is -0.146. The number of nitrogens with zero attached hydrogens (tertiary/aromatic N) is 2. The van der Waals surface area contributed by atoms with Crippen molar-refractivity contribution in [3.05, 3.63) is 95.8 Å². The number of likely N-dealkylation sites (tertiary alicyclic amines) is 1. The molecule has 0 bridgehead atoms. The number of aliphatic hydroxyl groups excluding tert-OH is 1. The van der Waals surface area contributed by atoms with Crippen LogP contribution in [0.4, 0.5) is 4.39 Å². The molecule has 0 radical (unpaired) electrons. The zero-order chi connectivity index (χ0) is 21.1. The Labute approximate surface area is 174 Å². The molecule has 150 valence electrons. The Bertz CT molecular complexity index is 1090. The van der Waals surface area contributed by atoms with Crippen molar-refractivity contribution < 1.29 is 14.3 Å². The van der Waals surface area contributed by atoms with Crippen molar-refractivity contribution in [2.45, 2.75) is 24.4 Å². The predicted molar refractivity (Wildman–Crippen MR) is 112 cm³/mol. The molecule has 4 rings (SSSR count). The van der Waals surface area contributed by atoms with E-state index in [0.717, 1.165) is 11.1 Å². The van der Waals surface area contributed by atoms with Crippen molar-refractivity contribution in [3.8, 4) is 17.2 Å². The Balaban J connectivity index is 1.67. The van der Waals surface area contributed by atoms with Gasteiger partial charge < -0.3 is 10.0 Å². The van der Waals surface area contributed by atoms with Crippen LogP contribution >= 0.6 is 0 Å². The quantitative estimate of drug-likeness (QED) is 0.706. The maximum Gasteiger partial charge on any atom is 0.228 e. The lowest BCUT2D eigenvalue weighted by Crippen LogP contribution is -2.65. The van der Waals surface area contributed by atoms with E-state index in [-0.39, 0.29) is 24.8 Å². The maximum absolute atomic E-state index is 14.5. The van der Waals surface area contributed by atoms with Gasteiger partial charge in [-0.3, -0.25) is 4.79 Å². The number of hydrogen-bond acceptors (Lipinski definition) is 3. The fourth-order valence-electron chi connectivity index (χ4n) is 4.30. The van der Waals surface area contributed by atoms with E-state index in [9.17, 15) is 19.6 Å². The molecule has 1 aliphatic heterocycles. The third-order valence-corrected chi connectivity index (χ3v) is 5.70. The molecule has 0 spiro atoms. The van der Waals surface area contributed by atoms with Crippen molar-refractivity contribution in [2.75, 3.05) is 6.61 Å². The van der Waals surface area contributed by atoms with E-state index in [2.05, 4.69) is 6.07 Å². The van der Waals surface area contributed by atoms with Crippen molar-refractivity contribution in [1.82, 2.24) is 4.90 Å². The fraction of sp³-hybridized carbons (Fsp3) is 0.200. The highest BCUT2D eigenvalue weighted by Gasteiger charge is 2.52. The highest BCUT2D eigenvalue weighted by molar-refractivity contribution is 5.82. The average molecular weight is 400 g/mol. The lowest BCUT2D eigenvalue weighted by Gasteiger charge is -2.52. The molecule has 1 amide bonds. The number of carbonyl (C=O) groups excluding carboxylic acids is 1. The summed E-state index contributed by atoms with van der Waals surface area (Å²) in [6, 6.07) is 24.1. The molecule has 1 N–H and O–H groups in total. The monoisotopic (exact) mass is 400 g/mol. The molecule has 1 aliphatic rings. The van der Waals surface area contributed by atoms with Gasteiger partial charge in [-0.2, -0.15) is 5.26 Å². The van der Waals surface area contributed by atoms with Crippen molar-refractivity contribution in [3.63, 3.8) is 0 Å². The fourth-order valence-corrected chi connectivity index (χ4v) is 4.30. The number of amides is 1. The number of carbonyl (C=O) groups is 1. The SMILES string of the molecule is N#C[C@H]1[C@@H](c2ccccc2-c2ccccc2F)[C@H](CO)N1C(=O)Cc1ccccc1. The van der Waals surface area contributed by atoms with Crippen LogP contribution in [0.3, 0.4) is 0 Å². The molecule has 0 aromatic heterocycles. The lowest BCUT2D eigenvalue weighted by atomic mass is 9.73. The van der Waals surface area contributed by atoms with Gasteiger partial charge in [-0.1, -0.05) is 72.8 Å². The van der Waals surface area contributed by atoms with Gasteiger partial charge >= 0.3 is 0 Å².